The van der Waals surface area contributed by atoms with Gasteiger partial charge in [-0.15, -0.1) is 0 Å². The van der Waals surface area contributed by atoms with Crippen molar-refractivity contribution in [3.63, 3.8) is 0 Å². The molecular weight excluding hydrogens is 1080 g/mol. The van der Waals surface area contributed by atoms with E-state index in [-0.39, 0.29) is 17.9 Å². The highest BCUT2D eigenvalue weighted by Gasteiger charge is 2.47. The molecule has 21 nitrogen and oxygen atoms in total. The first kappa shape index (κ1) is 56.8. The molecule has 14 N–H and O–H groups in total. The van der Waals surface area contributed by atoms with Crippen LogP contribution in [0.4, 0.5) is 0 Å². The number of ether oxygens (including phenoxy) is 5. The van der Waals surface area contributed by atoms with Gasteiger partial charge in [-0.05, 0) is 114 Å². The number of rotatable bonds is 13. The van der Waals surface area contributed by atoms with Gasteiger partial charge < -0.3 is 94.9 Å². The summed E-state index contributed by atoms with van der Waals surface area (Å²) in [4.78, 5) is 18.1. The summed E-state index contributed by atoms with van der Waals surface area (Å²) in [7, 11) is 0. The maximum absolute atomic E-state index is 11.1. The van der Waals surface area contributed by atoms with Crippen molar-refractivity contribution in [1.29, 1.82) is 0 Å². The van der Waals surface area contributed by atoms with E-state index >= 15 is 0 Å². The number of aliphatic hydroxyl groups excluding tert-OH is 12. The third-order valence-electron chi connectivity index (χ3n) is 16.0. The molecule has 3 fully saturated rings. The molecule has 0 unspecified atom stereocenters. The van der Waals surface area contributed by atoms with E-state index in [1.54, 1.807) is 54.6 Å². The average molecular weight is 1150 g/mol. The minimum absolute atomic E-state index is 0.0493. The topological polar surface area (TPSA) is 346 Å². The quantitative estimate of drug-likeness (QED) is 0.0785. The van der Waals surface area contributed by atoms with Crippen molar-refractivity contribution in [2.45, 2.75) is 92.2 Å². The standard InChI is InChI=1S/C63H62N4O17/c68-27-34-26-46(54(72)57(75)53(34)71)80-35-12-4-9-31(23-35)50-42-19-21-44(66-42)51(32-10-5-13-36(24-32)81-62-60(78)58(76)55(73)47(28-69)83-62)40-17-15-38(64-40)49(30-7-2-1-3-8-30)39-16-18-41(65-39)52(45-22-20-43(50)67-45)33-11-6-14-37(25-33)82-63-61(79)59(77)56(74)48(29-70)84-63/h1-25,34,46-48,53-64,67-79H,26-29H2/t34-,46-,47-,48-,53-,54+,55-,56-,57+,58+,59+,60-,61-,62-,63-/m1/s1. The highest BCUT2D eigenvalue weighted by atomic mass is 16.7. The van der Waals surface area contributed by atoms with Gasteiger partial charge in [0.05, 0.1) is 42.1 Å². The van der Waals surface area contributed by atoms with Crippen molar-refractivity contribution < 1.29 is 85.0 Å². The summed E-state index contributed by atoms with van der Waals surface area (Å²) >= 11 is 0. The van der Waals surface area contributed by atoms with Crippen LogP contribution in [0.1, 0.15) is 29.2 Å². The maximum atomic E-state index is 11.1. The van der Waals surface area contributed by atoms with Crippen LogP contribution in [0.25, 0.3) is 90.9 Å². The molecule has 12 rings (SSSR count). The number of fused-ring (bicyclic) bond motifs is 8. The normalized spacial score (nSPS) is 28.5. The van der Waals surface area contributed by atoms with Gasteiger partial charge in [-0.3, -0.25) is 0 Å². The molecule has 0 amide bonds. The lowest BCUT2D eigenvalue weighted by Crippen LogP contribution is -2.60. The first-order valence-corrected chi connectivity index (χ1v) is 27.5. The molecule has 8 bridgehead atoms. The zero-order valence-electron chi connectivity index (χ0n) is 44.7. The van der Waals surface area contributed by atoms with Crippen LogP contribution in [-0.2, 0) is 9.47 Å². The molecule has 84 heavy (non-hydrogen) atoms. The number of aromatic amines is 2. The molecule has 15 atom stereocenters. The van der Waals surface area contributed by atoms with Gasteiger partial charge in [0.25, 0.3) is 0 Å². The van der Waals surface area contributed by atoms with Crippen LogP contribution < -0.4 is 14.2 Å². The molecule has 21 heteroatoms. The van der Waals surface area contributed by atoms with Gasteiger partial charge in [0.1, 0.15) is 84.4 Å². The lowest BCUT2D eigenvalue weighted by molar-refractivity contribution is -0.277. The second-order valence-corrected chi connectivity index (χ2v) is 21.4. The van der Waals surface area contributed by atoms with Gasteiger partial charge in [0, 0.05) is 56.8 Å². The summed E-state index contributed by atoms with van der Waals surface area (Å²) in [6.07, 6.45) is -13.0. The largest absolute Gasteiger partial charge is 0.488 e. The molecule has 3 aromatic heterocycles. The summed E-state index contributed by atoms with van der Waals surface area (Å²) in [5.74, 6) is -0.0151. The van der Waals surface area contributed by atoms with Crippen molar-refractivity contribution >= 4 is 46.4 Å². The number of H-pyrrole nitrogens is 2. The molecule has 5 aliphatic rings. The predicted octanol–water partition coefficient (Wildman–Crippen LogP) is 3.52. The molecule has 4 aromatic carbocycles. The van der Waals surface area contributed by atoms with Crippen LogP contribution in [0.3, 0.4) is 0 Å². The van der Waals surface area contributed by atoms with Crippen molar-refractivity contribution in [3.05, 3.63) is 150 Å². The van der Waals surface area contributed by atoms with Crippen LogP contribution in [0.5, 0.6) is 17.2 Å². The number of aliphatic hydroxyl groups is 12. The Morgan fingerprint density at radius 1 is 0.381 bits per heavy atom. The van der Waals surface area contributed by atoms with Crippen LogP contribution in [0.15, 0.2) is 127 Å². The Kier molecular flexibility index (Phi) is 16.1. The van der Waals surface area contributed by atoms with E-state index < -0.39 is 112 Å². The molecule has 0 radical (unpaired) electrons. The molecule has 2 saturated heterocycles. The number of benzene rings is 4. The second kappa shape index (κ2) is 23.8. The highest BCUT2D eigenvalue weighted by Crippen LogP contribution is 2.41. The lowest BCUT2D eigenvalue weighted by Gasteiger charge is -2.39. The fourth-order valence-electron chi connectivity index (χ4n) is 11.6. The molecule has 7 aromatic rings. The molecule has 1 saturated carbocycles. The summed E-state index contributed by atoms with van der Waals surface area (Å²) in [5.41, 5.74) is 9.76. The van der Waals surface area contributed by atoms with Crippen LogP contribution in [-0.4, -0.2) is 187 Å². The van der Waals surface area contributed by atoms with Gasteiger partial charge >= 0.3 is 0 Å². The molecule has 436 valence electrons. The van der Waals surface area contributed by atoms with E-state index in [0.29, 0.717) is 84.0 Å². The molecule has 1 aliphatic carbocycles. The minimum atomic E-state index is -1.67. The van der Waals surface area contributed by atoms with Gasteiger partial charge in [-0.2, -0.15) is 0 Å². The molecular formula is C63H62N4O17. The van der Waals surface area contributed by atoms with Crippen molar-refractivity contribution in [3.8, 4) is 61.8 Å². The van der Waals surface area contributed by atoms with Crippen LogP contribution in [0, 0.1) is 5.92 Å². The summed E-state index contributed by atoms with van der Waals surface area (Å²) in [6, 6.07) is 38.4. The number of nitrogens with one attached hydrogen (secondary N) is 2. The smallest absolute Gasteiger partial charge is 0.229 e. The van der Waals surface area contributed by atoms with E-state index in [1.165, 1.54) is 0 Å². The first-order chi connectivity index (χ1) is 40.7. The van der Waals surface area contributed by atoms with Gasteiger partial charge in [-0.1, -0.05) is 66.7 Å². The van der Waals surface area contributed by atoms with E-state index in [9.17, 15) is 61.3 Å². The third-order valence-corrected chi connectivity index (χ3v) is 16.0. The van der Waals surface area contributed by atoms with E-state index in [2.05, 4.69) is 9.97 Å². The third kappa shape index (κ3) is 10.8. The number of hydrogen-bond donors (Lipinski definition) is 14. The van der Waals surface area contributed by atoms with Crippen molar-refractivity contribution in [2.24, 2.45) is 5.92 Å². The monoisotopic (exact) mass is 1150 g/mol. The van der Waals surface area contributed by atoms with E-state index in [0.717, 1.165) is 11.1 Å². The summed E-state index contributed by atoms with van der Waals surface area (Å²) in [6.45, 7) is -1.73. The van der Waals surface area contributed by atoms with Gasteiger partial charge in [-0.25, -0.2) is 9.97 Å². The zero-order valence-corrected chi connectivity index (χ0v) is 44.7. The maximum Gasteiger partial charge on any atom is 0.229 e. The number of aromatic nitrogens is 4. The molecule has 4 aliphatic heterocycles. The van der Waals surface area contributed by atoms with Crippen LogP contribution in [0.2, 0.25) is 0 Å². The fraction of sp³-hybridized carbons (Fsp3) is 0.302. The molecule has 0 spiro atoms. The van der Waals surface area contributed by atoms with Crippen molar-refractivity contribution in [2.75, 3.05) is 19.8 Å². The van der Waals surface area contributed by atoms with E-state index in [4.69, 9.17) is 33.7 Å². The fourth-order valence-corrected chi connectivity index (χ4v) is 11.6. The highest BCUT2D eigenvalue weighted by molar-refractivity contribution is 6.00. The summed E-state index contributed by atoms with van der Waals surface area (Å²) in [5, 5.41) is 127. The Labute approximate surface area is 479 Å². The predicted molar refractivity (Wildman–Crippen MR) is 307 cm³/mol. The Hall–Kier alpha value is -7.68. The Morgan fingerprint density at radius 3 is 1.14 bits per heavy atom. The lowest BCUT2D eigenvalue weighted by atomic mass is 9.81. The average Bonchev–Trinajstić information content (AvgIpc) is 4.40. The summed E-state index contributed by atoms with van der Waals surface area (Å²) < 4.78 is 30.1. The molecule has 7 heterocycles. The first-order valence-electron chi connectivity index (χ1n) is 27.5. The van der Waals surface area contributed by atoms with Gasteiger partial charge in [0.2, 0.25) is 12.6 Å². The number of hydrogen-bond acceptors (Lipinski definition) is 19. The Balaban J connectivity index is 1.08. The Morgan fingerprint density at radius 2 is 0.750 bits per heavy atom. The van der Waals surface area contributed by atoms with Gasteiger partial charge in [0.15, 0.2) is 0 Å². The van der Waals surface area contributed by atoms with Crippen LogP contribution >= 0.6 is 0 Å². The SMILES string of the molecule is OC[C@H]1C[C@@H](Oc2cccc(-c3c4nc(c(-c5cccc(O[C@@H]6O[C@H](CO)[C@@H](O)[C@H](O)[C@H]6O)c5)c5ccc([nH]5)c(-c5ccccc5)c5nc(c(-c6cccc(O[C@@H]7O[C@H](CO)[C@@H](O)[C@H](O)[C@H]7O)c6)c6ccc3[nH]6)C=C5)C=C4)c2)[C@H](O)[C@@H](O)[C@@H]1O. The second-order valence-electron chi connectivity index (χ2n) is 21.4. The minimum Gasteiger partial charge on any atom is -0.488 e. The zero-order chi connectivity index (χ0) is 58.5. The van der Waals surface area contributed by atoms with Crippen molar-refractivity contribution in [1.82, 2.24) is 19.9 Å². The van der Waals surface area contributed by atoms with E-state index in [1.807, 2.05) is 97.1 Å². The Bertz CT molecular complexity index is 3690. The number of nitrogens with zero attached hydrogens (tertiary/aromatic N) is 2.